The number of carboxylic acids is 1. The molecule has 104 valence electrons. The van der Waals surface area contributed by atoms with E-state index < -0.39 is 11.9 Å². The Labute approximate surface area is 108 Å². The van der Waals surface area contributed by atoms with Crippen LogP contribution in [-0.4, -0.2) is 54.2 Å². The van der Waals surface area contributed by atoms with E-state index in [1.54, 1.807) is 11.8 Å². The molecule has 0 bridgehead atoms. The average Bonchev–Trinajstić information content (AvgIpc) is 2.38. The molecule has 18 heavy (non-hydrogen) atoms. The number of nitrogens with one attached hydrogen (secondary N) is 2. The van der Waals surface area contributed by atoms with Gasteiger partial charge in [0.05, 0.1) is 5.92 Å². The molecular weight excluding hydrogens is 234 g/mol. The molecule has 1 heterocycles. The fraction of sp³-hybridized carbons (Fsp3) is 0.833. The van der Waals surface area contributed by atoms with Gasteiger partial charge in [-0.3, -0.25) is 4.79 Å². The maximum Gasteiger partial charge on any atom is 0.317 e. The van der Waals surface area contributed by atoms with E-state index in [4.69, 9.17) is 5.11 Å². The van der Waals surface area contributed by atoms with Crippen molar-refractivity contribution in [3.63, 3.8) is 0 Å². The van der Waals surface area contributed by atoms with Crippen molar-refractivity contribution in [2.45, 2.75) is 32.7 Å². The number of aliphatic carboxylic acids is 1. The molecule has 1 rings (SSSR count). The lowest BCUT2D eigenvalue weighted by molar-refractivity contribution is -0.140. The summed E-state index contributed by atoms with van der Waals surface area (Å²) in [4.78, 5) is 24.5. The van der Waals surface area contributed by atoms with Crippen molar-refractivity contribution in [2.24, 2.45) is 5.92 Å². The second-order valence-corrected chi connectivity index (χ2v) is 4.69. The predicted molar refractivity (Wildman–Crippen MR) is 68.5 cm³/mol. The lowest BCUT2D eigenvalue weighted by Gasteiger charge is -2.34. The van der Waals surface area contributed by atoms with Crippen LogP contribution in [0.15, 0.2) is 0 Å². The van der Waals surface area contributed by atoms with E-state index in [0.29, 0.717) is 6.54 Å². The fourth-order valence-corrected chi connectivity index (χ4v) is 2.12. The number of amides is 2. The Morgan fingerprint density at radius 3 is 2.56 bits per heavy atom. The predicted octanol–water partition coefficient (Wildman–Crippen LogP) is 0.491. The van der Waals surface area contributed by atoms with E-state index in [1.807, 2.05) is 6.92 Å². The summed E-state index contributed by atoms with van der Waals surface area (Å²) < 4.78 is 0. The lowest BCUT2D eigenvalue weighted by Crippen LogP contribution is -2.50. The topological polar surface area (TPSA) is 81.7 Å². The van der Waals surface area contributed by atoms with Gasteiger partial charge in [0, 0.05) is 19.1 Å². The number of rotatable bonds is 5. The number of carbonyl (C=O) groups excluding carboxylic acids is 1. The van der Waals surface area contributed by atoms with Crippen LogP contribution < -0.4 is 10.6 Å². The van der Waals surface area contributed by atoms with Crippen molar-refractivity contribution in [2.75, 3.05) is 26.2 Å². The third-order valence-electron chi connectivity index (χ3n) is 3.33. The maximum atomic E-state index is 12.0. The van der Waals surface area contributed by atoms with Crippen LogP contribution in [0.2, 0.25) is 0 Å². The molecular formula is C12H23N3O3. The van der Waals surface area contributed by atoms with Gasteiger partial charge in [0.1, 0.15) is 0 Å². The van der Waals surface area contributed by atoms with Gasteiger partial charge >= 0.3 is 12.0 Å². The summed E-state index contributed by atoms with van der Waals surface area (Å²) in [5.74, 6) is -1.44. The van der Waals surface area contributed by atoms with Crippen LogP contribution in [0.1, 0.15) is 26.7 Å². The minimum atomic E-state index is -0.889. The van der Waals surface area contributed by atoms with E-state index in [2.05, 4.69) is 10.6 Å². The van der Waals surface area contributed by atoms with E-state index >= 15 is 0 Å². The largest absolute Gasteiger partial charge is 0.481 e. The number of hydrogen-bond donors (Lipinski definition) is 3. The monoisotopic (exact) mass is 257 g/mol. The minimum absolute atomic E-state index is 0.155. The minimum Gasteiger partial charge on any atom is -0.481 e. The fourth-order valence-electron chi connectivity index (χ4n) is 2.12. The molecule has 0 aromatic carbocycles. The number of nitrogens with zero attached hydrogens (tertiary/aromatic N) is 1. The first-order valence-corrected chi connectivity index (χ1v) is 6.54. The van der Waals surface area contributed by atoms with Crippen LogP contribution in [0.4, 0.5) is 4.79 Å². The van der Waals surface area contributed by atoms with E-state index in [9.17, 15) is 9.59 Å². The van der Waals surface area contributed by atoms with Crippen LogP contribution in [0.3, 0.4) is 0 Å². The molecule has 2 amide bonds. The van der Waals surface area contributed by atoms with Gasteiger partial charge in [0.15, 0.2) is 0 Å². The first-order chi connectivity index (χ1) is 8.56. The molecule has 0 radical (unpaired) electrons. The van der Waals surface area contributed by atoms with Crippen molar-refractivity contribution in [3.05, 3.63) is 0 Å². The summed E-state index contributed by atoms with van der Waals surface area (Å²) in [6, 6.07) is 0.105. The molecule has 1 unspecified atom stereocenters. The molecule has 6 nitrogen and oxygen atoms in total. The van der Waals surface area contributed by atoms with Gasteiger partial charge in [-0.15, -0.1) is 0 Å². The molecule has 0 aliphatic carbocycles. The molecule has 0 saturated carbocycles. The van der Waals surface area contributed by atoms with Crippen molar-refractivity contribution in [1.29, 1.82) is 0 Å². The highest BCUT2D eigenvalue weighted by molar-refractivity contribution is 5.76. The van der Waals surface area contributed by atoms with Crippen LogP contribution in [0, 0.1) is 5.92 Å². The van der Waals surface area contributed by atoms with Gasteiger partial charge in [-0.25, -0.2) is 4.79 Å². The van der Waals surface area contributed by atoms with Crippen LogP contribution in [0.5, 0.6) is 0 Å². The standard InChI is InChI=1S/C12H23N3O3/c1-3-15(10-4-6-13-7-5-10)12(18)14-8-9(2)11(16)17/h9-10,13H,3-8H2,1-2H3,(H,14,18)(H,16,17). The Morgan fingerprint density at radius 2 is 2.06 bits per heavy atom. The average molecular weight is 257 g/mol. The second-order valence-electron chi connectivity index (χ2n) is 4.69. The van der Waals surface area contributed by atoms with Crippen LogP contribution >= 0.6 is 0 Å². The molecule has 0 spiro atoms. The zero-order chi connectivity index (χ0) is 13.5. The summed E-state index contributed by atoms with van der Waals surface area (Å²) in [5, 5.41) is 14.7. The number of hydrogen-bond acceptors (Lipinski definition) is 3. The maximum absolute atomic E-state index is 12.0. The number of carbonyl (C=O) groups is 2. The van der Waals surface area contributed by atoms with E-state index in [1.165, 1.54) is 0 Å². The van der Waals surface area contributed by atoms with Crippen molar-refractivity contribution >= 4 is 12.0 Å². The lowest BCUT2D eigenvalue weighted by atomic mass is 10.1. The van der Waals surface area contributed by atoms with Crippen molar-refractivity contribution < 1.29 is 14.7 Å². The van der Waals surface area contributed by atoms with E-state index in [-0.39, 0.29) is 18.6 Å². The molecule has 1 fully saturated rings. The van der Waals surface area contributed by atoms with Gasteiger partial charge in [-0.2, -0.15) is 0 Å². The normalized spacial score (nSPS) is 18.1. The quantitative estimate of drug-likeness (QED) is 0.669. The molecule has 0 aromatic rings. The Morgan fingerprint density at radius 1 is 1.44 bits per heavy atom. The highest BCUT2D eigenvalue weighted by Crippen LogP contribution is 2.11. The number of urea groups is 1. The van der Waals surface area contributed by atoms with Gasteiger partial charge in [-0.1, -0.05) is 6.92 Å². The zero-order valence-electron chi connectivity index (χ0n) is 11.1. The van der Waals surface area contributed by atoms with Crippen LogP contribution in [-0.2, 0) is 4.79 Å². The first-order valence-electron chi connectivity index (χ1n) is 6.54. The summed E-state index contributed by atoms with van der Waals surface area (Å²) >= 11 is 0. The van der Waals surface area contributed by atoms with Gasteiger partial charge in [0.2, 0.25) is 0 Å². The summed E-state index contributed by atoms with van der Waals surface area (Å²) in [5.41, 5.74) is 0. The van der Waals surface area contributed by atoms with Crippen molar-refractivity contribution in [3.8, 4) is 0 Å². The number of carboxylic acid groups (broad SMARTS) is 1. The Kier molecular flexibility index (Phi) is 5.91. The Hall–Kier alpha value is -1.30. The molecule has 6 heteroatoms. The molecule has 3 N–H and O–H groups in total. The van der Waals surface area contributed by atoms with Gasteiger partial charge < -0.3 is 20.6 Å². The Balaban J connectivity index is 2.43. The van der Waals surface area contributed by atoms with E-state index in [0.717, 1.165) is 25.9 Å². The number of piperidine rings is 1. The second kappa shape index (κ2) is 7.20. The SMILES string of the molecule is CCN(C(=O)NCC(C)C(=O)O)C1CCNCC1. The Bertz CT molecular complexity index is 290. The molecule has 1 aliphatic rings. The zero-order valence-corrected chi connectivity index (χ0v) is 11.1. The highest BCUT2D eigenvalue weighted by Gasteiger charge is 2.24. The summed E-state index contributed by atoms with van der Waals surface area (Å²) in [6.45, 7) is 6.22. The highest BCUT2D eigenvalue weighted by atomic mass is 16.4. The van der Waals surface area contributed by atoms with Crippen molar-refractivity contribution in [1.82, 2.24) is 15.5 Å². The molecule has 0 aromatic heterocycles. The van der Waals surface area contributed by atoms with Crippen LogP contribution in [0.25, 0.3) is 0 Å². The third kappa shape index (κ3) is 4.18. The summed E-state index contributed by atoms with van der Waals surface area (Å²) in [6.07, 6.45) is 1.91. The molecule has 1 saturated heterocycles. The van der Waals surface area contributed by atoms with Gasteiger partial charge in [-0.05, 0) is 32.9 Å². The van der Waals surface area contributed by atoms with Gasteiger partial charge in [0.25, 0.3) is 0 Å². The third-order valence-corrected chi connectivity index (χ3v) is 3.33. The first kappa shape index (κ1) is 14.8. The summed E-state index contributed by atoms with van der Waals surface area (Å²) in [7, 11) is 0. The molecule has 1 atom stereocenters. The molecule has 1 aliphatic heterocycles. The smallest absolute Gasteiger partial charge is 0.317 e.